The van der Waals surface area contributed by atoms with Gasteiger partial charge in [-0.3, -0.25) is 4.98 Å². The molecule has 7 aromatic rings. The van der Waals surface area contributed by atoms with Crippen LogP contribution in [-0.4, -0.2) is 14.5 Å². The van der Waals surface area contributed by atoms with Crippen molar-refractivity contribution in [3.63, 3.8) is 0 Å². The Morgan fingerprint density at radius 1 is 0.804 bits per heavy atom. The van der Waals surface area contributed by atoms with Crippen LogP contribution in [0.15, 0.2) is 102 Å². The molecule has 4 nitrogen and oxygen atoms in total. The van der Waals surface area contributed by atoms with Crippen LogP contribution in [-0.2, 0) is 25.6 Å². The predicted molar refractivity (Wildman–Crippen MR) is 186 cm³/mol. The van der Waals surface area contributed by atoms with Gasteiger partial charge in [0.15, 0.2) is 0 Å². The summed E-state index contributed by atoms with van der Waals surface area (Å²) < 4.78 is 8.42. The van der Waals surface area contributed by atoms with E-state index in [2.05, 4.69) is 118 Å². The van der Waals surface area contributed by atoms with E-state index in [-0.39, 0.29) is 25.6 Å². The number of benzene rings is 4. The molecule has 0 saturated carbocycles. The van der Waals surface area contributed by atoms with Crippen molar-refractivity contribution in [2.24, 2.45) is 0 Å². The molecule has 0 amide bonds. The second kappa shape index (κ2) is 12.5. The van der Waals surface area contributed by atoms with Gasteiger partial charge in [-0.1, -0.05) is 80.6 Å². The van der Waals surface area contributed by atoms with E-state index in [1.807, 2.05) is 48.7 Å². The summed E-state index contributed by atoms with van der Waals surface area (Å²) in [7, 11) is 0. The Balaban J connectivity index is 0.000000158. The zero-order valence-electron chi connectivity index (χ0n) is 27.1. The summed E-state index contributed by atoms with van der Waals surface area (Å²) in [6, 6.07) is 35.5. The molecular formula is C41H37IrN3O-2. The normalized spacial score (nSPS) is 13.3. The van der Waals surface area contributed by atoms with Gasteiger partial charge in [0.2, 0.25) is 0 Å². The van der Waals surface area contributed by atoms with Crippen LogP contribution in [0.3, 0.4) is 0 Å². The standard InChI is InChI=1S/C21H21N2.C20H16NO.Ir/c1-14(2)17-12-16-10-11-21(3,4)23-19(16)18(13-17)22-20(23)15-8-6-5-7-9-15;1-13(2)14-10-11-21-18(12-14)17-8-5-7-16-15-6-3-4-9-19(15)22-20(16)17;/h5-8,10-14H,1-4H3;3-7,9-13H,1-2H3;/q2*-1;. The molecule has 46 heavy (non-hydrogen) atoms. The van der Waals surface area contributed by atoms with Gasteiger partial charge >= 0.3 is 0 Å². The summed E-state index contributed by atoms with van der Waals surface area (Å²) in [5.41, 5.74) is 10.7. The fourth-order valence-corrected chi connectivity index (χ4v) is 6.19. The Bertz CT molecular complexity index is 2200. The molecular weight excluding hydrogens is 743 g/mol. The van der Waals surface area contributed by atoms with E-state index in [9.17, 15) is 0 Å². The summed E-state index contributed by atoms with van der Waals surface area (Å²) in [5, 5.41) is 2.24. The molecule has 8 rings (SSSR count). The molecule has 0 atom stereocenters. The number of nitrogens with zero attached hydrogens (tertiary/aromatic N) is 3. The SMILES string of the molecule is CC(C)c1cc2c3c(c1)nc(-c1[c-]cccc1)n3C(C)(C)C=C2.CC(C)c1ccnc(-c2[c-]ccc3c2oc2ccccc23)c1.[Ir]. The Morgan fingerprint density at radius 3 is 2.35 bits per heavy atom. The van der Waals surface area contributed by atoms with Gasteiger partial charge in [-0.15, -0.1) is 54.1 Å². The summed E-state index contributed by atoms with van der Waals surface area (Å²) in [6.07, 6.45) is 6.38. The summed E-state index contributed by atoms with van der Waals surface area (Å²) in [5.74, 6) is 1.96. The van der Waals surface area contributed by atoms with Crippen molar-refractivity contribution in [2.45, 2.75) is 58.9 Å². The van der Waals surface area contributed by atoms with E-state index in [1.54, 1.807) is 0 Å². The van der Waals surface area contributed by atoms with Crippen molar-refractivity contribution in [1.82, 2.24) is 14.5 Å². The molecule has 5 heteroatoms. The maximum Gasteiger partial charge on any atom is 0.120 e. The minimum absolute atomic E-state index is 0. The van der Waals surface area contributed by atoms with Crippen molar-refractivity contribution < 1.29 is 24.5 Å². The number of aromatic nitrogens is 3. The average Bonchev–Trinajstić information content (AvgIpc) is 3.64. The number of imidazole rings is 1. The molecule has 4 heterocycles. The molecule has 0 saturated heterocycles. The molecule has 1 aliphatic heterocycles. The van der Waals surface area contributed by atoms with Gasteiger partial charge in [0.1, 0.15) is 5.58 Å². The quantitative estimate of drug-likeness (QED) is 0.167. The number of pyridine rings is 1. The van der Waals surface area contributed by atoms with Crippen LogP contribution in [0.2, 0.25) is 0 Å². The molecule has 4 aromatic carbocycles. The molecule has 0 unspecified atom stereocenters. The van der Waals surface area contributed by atoms with Crippen molar-refractivity contribution >= 4 is 39.0 Å². The first-order valence-corrected chi connectivity index (χ1v) is 15.7. The van der Waals surface area contributed by atoms with E-state index in [1.165, 1.54) is 22.2 Å². The second-order valence-electron chi connectivity index (χ2n) is 13.0. The van der Waals surface area contributed by atoms with Gasteiger partial charge in [0, 0.05) is 31.7 Å². The van der Waals surface area contributed by atoms with E-state index < -0.39 is 0 Å². The number of para-hydroxylation sites is 1. The fourth-order valence-electron chi connectivity index (χ4n) is 6.19. The van der Waals surface area contributed by atoms with Gasteiger partial charge in [-0.2, -0.15) is 0 Å². The van der Waals surface area contributed by atoms with E-state index in [4.69, 9.17) is 9.40 Å². The largest absolute Gasteiger partial charge is 0.501 e. The van der Waals surface area contributed by atoms with Crippen LogP contribution in [0.25, 0.3) is 61.7 Å². The van der Waals surface area contributed by atoms with Crippen molar-refractivity contribution in [2.75, 3.05) is 0 Å². The van der Waals surface area contributed by atoms with Crippen LogP contribution in [0, 0.1) is 12.1 Å². The molecule has 0 fully saturated rings. The van der Waals surface area contributed by atoms with Crippen LogP contribution in [0.1, 0.15) is 70.1 Å². The number of allylic oxidation sites excluding steroid dienone is 1. The molecule has 233 valence electrons. The van der Waals surface area contributed by atoms with Crippen LogP contribution < -0.4 is 0 Å². The van der Waals surface area contributed by atoms with Gasteiger partial charge in [0.05, 0.1) is 28.0 Å². The third-order valence-electron chi connectivity index (χ3n) is 8.71. The first-order valence-electron chi connectivity index (χ1n) is 15.7. The van der Waals surface area contributed by atoms with Crippen LogP contribution >= 0.6 is 0 Å². The number of hydrogen-bond acceptors (Lipinski definition) is 3. The predicted octanol–water partition coefficient (Wildman–Crippen LogP) is 11.0. The first kappa shape index (κ1) is 31.7. The molecule has 3 aromatic heterocycles. The molecule has 1 aliphatic rings. The van der Waals surface area contributed by atoms with Crippen molar-refractivity contribution in [3.05, 3.63) is 126 Å². The van der Waals surface area contributed by atoms with Crippen LogP contribution in [0.4, 0.5) is 0 Å². The third kappa shape index (κ3) is 5.63. The maximum absolute atomic E-state index is 6.07. The molecule has 0 spiro atoms. The maximum atomic E-state index is 6.07. The number of hydrogen-bond donors (Lipinski definition) is 0. The average molecular weight is 780 g/mol. The van der Waals surface area contributed by atoms with E-state index >= 15 is 0 Å². The number of rotatable bonds is 4. The van der Waals surface area contributed by atoms with Crippen LogP contribution in [0.5, 0.6) is 0 Å². The summed E-state index contributed by atoms with van der Waals surface area (Å²) >= 11 is 0. The minimum atomic E-state index is -0.0971. The fraction of sp³-hybridized carbons (Fsp3) is 0.220. The monoisotopic (exact) mass is 780 g/mol. The number of fused-ring (bicyclic) bond motifs is 3. The van der Waals surface area contributed by atoms with Gasteiger partial charge < -0.3 is 14.0 Å². The third-order valence-corrected chi connectivity index (χ3v) is 8.71. The molecule has 1 radical (unpaired) electrons. The Morgan fingerprint density at radius 2 is 1.59 bits per heavy atom. The summed E-state index contributed by atoms with van der Waals surface area (Å²) in [4.78, 5) is 9.51. The van der Waals surface area contributed by atoms with Crippen molar-refractivity contribution in [3.8, 4) is 22.6 Å². The molecule has 0 bridgehead atoms. The van der Waals surface area contributed by atoms with E-state index in [0.29, 0.717) is 11.8 Å². The number of furan rings is 1. The van der Waals surface area contributed by atoms with Crippen molar-refractivity contribution in [1.29, 1.82) is 0 Å². The Kier molecular flexibility index (Phi) is 8.58. The Labute approximate surface area is 284 Å². The minimum Gasteiger partial charge on any atom is -0.501 e. The topological polar surface area (TPSA) is 43.9 Å². The smallest absolute Gasteiger partial charge is 0.120 e. The zero-order chi connectivity index (χ0) is 31.3. The first-order chi connectivity index (χ1) is 21.7. The zero-order valence-corrected chi connectivity index (χ0v) is 29.4. The molecule has 0 N–H and O–H groups in total. The second-order valence-corrected chi connectivity index (χ2v) is 13.0. The van der Waals surface area contributed by atoms with Gasteiger partial charge in [0.25, 0.3) is 0 Å². The Hall–Kier alpha value is -4.31. The molecule has 0 aliphatic carbocycles. The van der Waals surface area contributed by atoms with Gasteiger partial charge in [-0.05, 0) is 66.8 Å². The summed E-state index contributed by atoms with van der Waals surface area (Å²) in [6.45, 7) is 13.3. The van der Waals surface area contributed by atoms with E-state index in [0.717, 1.165) is 50.1 Å². The van der Waals surface area contributed by atoms with Gasteiger partial charge in [-0.25, -0.2) is 0 Å².